The van der Waals surface area contributed by atoms with Crippen LogP contribution in [0.5, 0.6) is 5.75 Å². The molecule has 0 fully saturated rings. The Balaban J connectivity index is 2.70. The lowest BCUT2D eigenvalue weighted by molar-refractivity contribution is -0.141. The van der Waals surface area contributed by atoms with Crippen LogP contribution in [-0.2, 0) is 4.79 Å². The van der Waals surface area contributed by atoms with E-state index in [1.807, 2.05) is 0 Å². The quantitative estimate of drug-likeness (QED) is 0.824. The van der Waals surface area contributed by atoms with Gasteiger partial charge in [0.05, 0.1) is 5.92 Å². The second-order valence-electron chi connectivity index (χ2n) is 3.97. The molecule has 1 aromatic rings. The highest BCUT2D eigenvalue weighted by molar-refractivity contribution is 5.94. The van der Waals surface area contributed by atoms with E-state index in [4.69, 9.17) is 10.2 Å². The number of rotatable bonds is 4. The predicted octanol–water partition coefficient (Wildman–Crippen LogP) is 1.18. The molecule has 1 aromatic carbocycles. The molecule has 5 nitrogen and oxygen atoms in total. The van der Waals surface area contributed by atoms with Crippen LogP contribution in [0, 0.1) is 5.92 Å². The molecule has 0 bridgehead atoms. The van der Waals surface area contributed by atoms with Crippen molar-refractivity contribution in [2.45, 2.75) is 6.92 Å². The first-order valence-electron chi connectivity index (χ1n) is 5.19. The van der Waals surface area contributed by atoms with Gasteiger partial charge in [-0.2, -0.15) is 0 Å². The molecule has 0 saturated carbocycles. The Hall–Kier alpha value is -2.04. The first-order valence-corrected chi connectivity index (χ1v) is 5.19. The third kappa shape index (κ3) is 3.48. The van der Waals surface area contributed by atoms with Crippen LogP contribution in [0.2, 0.25) is 0 Å². The topological polar surface area (TPSA) is 77.8 Å². The van der Waals surface area contributed by atoms with Crippen molar-refractivity contribution in [2.24, 2.45) is 5.92 Å². The molecule has 5 heteroatoms. The average molecular weight is 237 g/mol. The van der Waals surface area contributed by atoms with Crippen LogP contribution in [0.1, 0.15) is 17.3 Å². The first kappa shape index (κ1) is 13.0. The maximum atomic E-state index is 11.9. The number of phenolic OH excluding ortho intramolecular Hbond substituents is 1. The number of aliphatic carboxylic acids is 1. The highest BCUT2D eigenvalue weighted by Gasteiger charge is 2.18. The standard InChI is InChI=1S/C12H15NO4/c1-8(12(16)17)7-13(2)11(15)9-3-5-10(14)6-4-9/h3-6,8,14H,7H2,1-2H3,(H,16,17). The second kappa shape index (κ2) is 5.34. The number of nitrogens with zero attached hydrogens (tertiary/aromatic N) is 1. The maximum Gasteiger partial charge on any atom is 0.308 e. The minimum absolute atomic E-state index is 0.0862. The number of carboxylic acids is 1. The molecule has 0 aliphatic heterocycles. The Labute approximate surface area is 99.3 Å². The van der Waals surface area contributed by atoms with Gasteiger partial charge >= 0.3 is 5.97 Å². The summed E-state index contributed by atoms with van der Waals surface area (Å²) in [6.45, 7) is 1.69. The normalized spacial score (nSPS) is 11.9. The first-order chi connectivity index (χ1) is 7.91. The number of carbonyl (C=O) groups excluding carboxylic acids is 1. The van der Waals surface area contributed by atoms with Crippen LogP contribution >= 0.6 is 0 Å². The van der Waals surface area contributed by atoms with Gasteiger partial charge in [0.2, 0.25) is 0 Å². The summed E-state index contributed by atoms with van der Waals surface area (Å²) in [5, 5.41) is 17.8. The summed E-state index contributed by atoms with van der Waals surface area (Å²) in [7, 11) is 1.55. The van der Waals surface area contributed by atoms with Gasteiger partial charge in [0.15, 0.2) is 0 Å². The van der Waals surface area contributed by atoms with Crippen molar-refractivity contribution < 1.29 is 19.8 Å². The van der Waals surface area contributed by atoms with Gasteiger partial charge in [-0.15, -0.1) is 0 Å². The average Bonchev–Trinajstić information content (AvgIpc) is 2.28. The molecule has 0 spiro atoms. The second-order valence-corrected chi connectivity index (χ2v) is 3.97. The lowest BCUT2D eigenvalue weighted by atomic mass is 10.1. The fourth-order valence-electron chi connectivity index (χ4n) is 1.40. The number of hydrogen-bond acceptors (Lipinski definition) is 3. The van der Waals surface area contributed by atoms with E-state index in [9.17, 15) is 9.59 Å². The molecule has 17 heavy (non-hydrogen) atoms. The molecule has 0 radical (unpaired) electrons. The van der Waals surface area contributed by atoms with E-state index in [1.54, 1.807) is 14.0 Å². The molecule has 0 aromatic heterocycles. The molecule has 1 atom stereocenters. The largest absolute Gasteiger partial charge is 0.508 e. The number of carbonyl (C=O) groups is 2. The minimum atomic E-state index is -0.935. The van der Waals surface area contributed by atoms with E-state index in [0.29, 0.717) is 5.56 Å². The van der Waals surface area contributed by atoms with Gasteiger partial charge in [-0.3, -0.25) is 9.59 Å². The Kier molecular flexibility index (Phi) is 4.09. The van der Waals surface area contributed by atoms with Gasteiger partial charge in [0.25, 0.3) is 5.91 Å². The fourth-order valence-corrected chi connectivity index (χ4v) is 1.40. The van der Waals surface area contributed by atoms with E-state index in [0.717, 1.165) is 0 Å². The lowest BCUT2D eigenvalue weighted by Gasteiger charge is -2.19. The van der Waals surface area contributed by atoms with Crippen LogP contribution < -0.4 is 0 Å². The number of benzene rings is 1. The number of amides is 1. The van der Waals surface area contributed by atoms with E-state index in [1.165, 1.54) is 29.2 Å². The third-order valence-corrected chi connectivity index (χ3v) is 2.43. The van der Waals surface area contributed by atoms with Gasteiger partial charge in [-0.25, -0.2) is 0 Å². The molecule has 1 unspecified atom stereocenters. The fraction of sp³-hybridized carbons (Fsp3) is 0.333. The van der Waals surface area contributed by atoms with Gasteiger partial charge in [-0.05, 0) is 24.3 Å². The molecule has 1 rings (SSSR count). The molecular formula is C12H15NO4. The number of hydrogen-bond donors (Lipinski definition) is 2. The smallest absolute Gasteiger partial charge is 0.308 e. The summed E-state index contributed by atoms with van der Waals surface area (Å²) in [5.41, 5.74) is 0.419. The molecule has 0 heterocycles. The zero-order chi connectivity index (χ0) is 13.0. The Morgan fingerprint density at radius 1 is 1.29 bits per heavy atom. The highest BCUT2D eigenvalue weighted by Crippen LogP contribution is 2.12. The summed E-state index contributed by atoms with van der Waals surface area (Å²) in [5.74, 6) is -1.72. The number of carboxylic acid groups (broad SMARTS) is 1. The summed E-state index contributed by atoms with van der Waals surface area (Å²) >= 11 is 0. The van der Waals surface area contributed by atoms with Crippen LogP contribution in [-0.4, -0.2) is 40.6 Å². The number of phenols is 1. The van der Waals surface area contributed by atoms with Gasteiger partial charge in [0, 0.05) is 19.2 Å². The van der Waals surface area contributed by atoms with Gasteiger partial charge < -0.3 is 15.1 Å². The summed E-state index contributed by atoms with van der Waals surface area (Å²) in [4.78, 5) is 23.9. The van der Waals surface area contributed by atoms with E-state index < -0.39 is 11.9 Å². The predicted molar refractivity (Wildman–Crippen MR) is 61.9 cm³/mol. The zero-order valence-electron chi connectivity index (χ0n) is 9.75. The monoisotopic (exact) mass is 237 g/mol. The van der Waals surface area contributed by atoms with Crippen molar-refractivity contribution >= 4 is 11.9 Å². The van der Waals surface area contributed by atoms with E-state index in [2.05, 4.69) is 0 Å². The summed E-state index contributed by atoms with van der Waals surface area (Å²) < 4.78 is 0. The van der Waals surface area contributed by atoms with Crippen molar-refractivity contribution in [2.75, 3.05) is 13.6 Å². The molecule has 92 valence electrons. The molecule has 0 saturated heterocycles. The van der Waals surface area contributed by atoms with Crippen LogP contribution in [0.3, 0.4) is 0 Å². The van der Waals surface area contributed by atoms with Crippen molar-refractivity contribution in [1.29, 1.82) is 0 Å². The molecule has 0 aliphatic carbocycles. The van der Waals surface area contributed by atoms with Crippen LogP contribution in [0.15, 0.2) is 24.3 Å². The minimum Gasteiger partial charge on any atom is -0.508 e. The molecule has 0 aliphatic rings. The Morgan fingerprint density at radius 3 is 2.29 bits per heavy atom. The zero-order valence-corrected chi connectivity index (χ0v) is 9.75. The van der Waals surface area contributed by atoms with Gasteiger partial charge in [0.1, 0.15) is 5.75 Å². The summed E-state index contributed by atoms with van der Waals surface area (Å²) in [6.07, 6.45) is 0. The van der Waals surface area contributed by atoms with E-state index >= 15 is 0 Å². The van der Waals surface area contributed by atoms with Gasteiger partial charge in [-0.1, -0.05) is 6.92 Å². The SMILES string of the molecule is CC(CN(C)C(=O)c1ccc(O)cc1)C(=O)O. The Morgan fingerprint density at radius 2 is 1.82 bits per heavy atom. The molecule has 1 amide bonds. The van der Waals surface area contributed by atoms with Crippen molar-refractivity contribution in [3.05, 3.63) is 29.8 Å². The van der Waals surface area contributed by atoms with Crippen molar-refractivity contribution in [3.8, 4) is 5.75 Å². The number of aromatic hydroxyl groups is 1. The van der Waals surface area contributed by atoms with E-state index in [-0.39, 0.29) is 18.2 Å². The summed E-state index contributed by atoms with van der Waals surface area (Å²) in [6, 6.07) is 5.84. The molecule has 2 N–H and O–H groups in total. The van der Waals surface area contributed by atoms with Crippen molar-refractivity contribution in [3.63, 3.8) is 0 Å². The molecular weight excluding hydrogens is 222 g/mol. The Bertz CT molecular complexity index is 413. The van der Waals surface area contributed by atoms with Crippen LogP contribution in [0.4, 0.5) is 0 Å². The third-order valence-electron chi connectivity index (χ3n) is 2.43. The van der Waals surface area contributed by atoms with Crippen molar-refractivity contribution in [1.82, 2.24) is 4.90 Å². The van der Waals surface area contributed by atoms with Crippen LogP contribution in [0.25, 0.3) is 0 Å². The highest BCUT2D eigenvalue weighted by atomic mass is 16.4. The lowest BCUT2D eigenvalue weighted by Crippen LogP contribution is -2.33. The maximum absolute atomic E-state index is 11.9.